The molecule has 0 amide bonds. The average molecular weight is 284 g/mol. The Morgan fingerprint density at radius 2 is 1.68 bits per heavy atom. The van der Waals surface area contributed by atoms with Crippen LogP contribution in [0.4, 0.5) is 5.82 Å². The van der Waals surface area contributed by atoms with Crippen LogP contribution in [-0.2, 0) is 5.41 Å². The Labute approximate surface area is 122 Å². The lowest BCUT2D eigenvalue weighted by atomic mass is 9.95. The summed E-state index contributed by atoms with van der Waals surface area (Å²) in [4.78, 5) is 11.4. The van der Waals surface area contributed by atoms with Crippen LogP contribution in [0.25, 0.3) is 0 Å². The van der Waals surface area contributed by atoms with Crippen molar-refractivity contribution in [2.75, 3.05) is 11.9 Å². The van der Waals surface area contributed by atoms with Gasteiger partial charge in [0.25, 0.3) is 0 Å². The minimum absolute atomic E-state index is 0.0964. The highest BCUT2D eigenvalue weighted by molar-refractivity contribution is 6.30. The van der Waals surface area contributed by atoms with E-state index in [0.717, 1.165) is 30.0 Å². The van der Waals surface area contributed by atoms with E-state index in [-0.39, 0.29) is 5.41 Å². The topological polar surface area (TPSA) is 29.0 Å². The van der Waals surface area contributed by atoms with Crippen molar-refractivity contribution in [1.82, 2.24) is 9.97 Å². The van der Waals surface area contributed by atoms with Gasteiger partial charge in [-0.1, -0.05) is 46.2 Å². The van der Waals surface area contributed by atoms with Gasteiger partial charge in [0.1, 0.15) is 16.8 Å². The van der Waals surface area contributed by atoms with Gasteiger partial charge in [0.15, 0.2) is 0 Å². The largest absolute Gasteiger partial charge is 0.356 e. The standard InChI is InChI=1S/C15H26ClN3/c1-8-11(9-2)19(7)13-10(3)12(16)17-14(18-13)15(4,5)6/h11H,8-9H2,1-7H3. The quantitative estimate of drug-likeness (QED) is 0.769. The Morgan fingerprint density at radius 1 is 1.16 bits per heavy atom. The predicted octanol–water partition coefficient (Wildman–Crippen LogP) is 4.36. The first-order chi connectivity index (χ1) is 8.72. The minimum Gasteiger partial charge on any atom is -0.356 e. The molecule has 1 aromatic rings. The summed E-state index contributed by atoms with van der Waals surface area (Å²) in [5.74, 6) is 1.76. The molecule has 0 radical (unpaired) electrons. The van der Waals surface area contributed by atoms with Gasteiger partial charge in [-0.15, -0.1) is 0 Å². The fourth-order valence-corrected chi connectivity index (χ4v) is 2.33. The maximum absolute atomic E-state index is 6.28. The SMILES string of the molecule is CCC(CC)N(C)c1nc(C(C)(C)C)nc(Cl)c1C. The second-order valence-corrected chi connectivity index (χ2v) is 6.48. The number of anilines is 1. The molecule has 0 unspecified atom stereocenters. The van der Waals surface area contributed by atoms with E-state index in [1.807, 2.05) is 6.92 Å². The van der Waals surface area contributed by atoms with Gasteiger partial charge in [-0.05, 0) is 19.8 Å². The lowest BCUT2D eigenvalue weighted by Gasteiger charge is -2.30. The zero-order valence-electron chi connectivity index (χ0n) is 13.2. The molecule has 108 valence electrons. The molecule has 4 heteroatoms. The van der Waals surface area contributed by atoms with Gasteiger partial charge in [0, 0.05) is 24.1 Å². The first-order valence-electron chi connectivity index (χ1n) is 6.99. The Hall–Kier alpha value is -0.830. The number of nitrogens with zero attached hydrogens (tertiary/aromatic N) is 3. The van der Waals surface area contributed by atoms with Gasteiger partial charge in [-0.25, -0.2) is 9.97 Å². The maximum Gasteiger partial charge on any atom is 0.137 e. The highest BCUT2D eigenvalue weighted by Gasteiger charge is 2.23. The molecule has 3 nitrogen and oxygen atoms in total. The van der Waals surface area contributed by atoms with Crippen molar-refractivity contribution in [3.05, 3.63) is 16.5 Å². The van der Waals surface area contributed by atoms with E-state index in [0.29, 0.717) is 11.2 Å². The molecule has 1 rings (SSSR count). The monoisotopic (exact) mass is 283 g/mol. The van der Waals surface area contributed by atoms with Gasteiger partial charge < -0.3 is 4.90 Å². The molecule has 0 saturated carbocycles. The summed E-state index contributed by atoms with van der Waals surface area (Å²) in [6.07, 6.45) is 2.19. The van der Waals surface area contributed by atoms with Crippen molar-refractivity contribution in [1.29, 1.82) is 0 Å². The van der Waals surface area contributed by atoms with Crippen molar-refractivity contribution in [3.8, 4) is 0 Å². The summed E-state index contributed by atoms with van der Waals surface area (Å²) in [5.41, 5.74) is 0.866. The van der Waals surface area contributed by atoms with Crippen molar-refractivity contribution < 1.29 is 0 Å². The normalized spacial score (nSPS) is 12.1. The molecule has 1 aromatic heterocycles. The number of hydrogen-bond acceptors (Lipinski definition) is 3. The summed E-state index contributed by atoms with van der Waals surface area (Å²) < 4.78 is 0. The number of rotatable bonds is 4. The van der Waals surface area contributed by atoms with E-state index >= 15 is 0 Å². The van der Waals surface area contributed by atoms with E-state index in [1.54, 1.807) is 0 Å². The minimum atomic E-state index is -0.0964. The summed E-state index contributed by atoms with van der Waals surface area (Å²) >= 11 is 6.28. The molecule has 1 heterocycles. The first-order valence-corrected chi connectivity index (χ1v) is 7.37. The second kappa shape index (κ2) is 6.08. The molecule has 0 saturated heterocycles. The lowest BCUT2D eigenvalue weighted by Crippen LogP contribution is -2.33. The maximum atomic E-state index is 6.28. The van der Waals surface area contributed by atoms with E-state index in [9.17, 15) is 0 Å². The van der Waals surface area contributed by atoms with Gasteiger partial charge in [0.2, 0.25) is 0 Å². The molecule has 0 aliphatic heterocycles. The highest BCUT2D eigenvalue weighted by atomic mass is 35.5. The molecule has 0 aliphatic rings. The van der Waals surface area contributed by atoms with Crippen LogP contribution in [0, 0.1) is 6.92 Å². The van der Waals surface area contributed by atoms with Crippen LogP contribution in [-0.4, -0.2) is 23.1 Å². The molecule has 0 fully saturated rings. The van der Waals surface area contributed by atoms with Crippen LogP contribution in [0.1, 0.15) is 58.8 Å². The third-order valence-electron chi connectivity index (χ3n) is 3.56. The molecule has 0 N–H and O–H groups in total. The molecule has 0 aromatic carbocycles. The molecule has 0 atom stereocenters. The van der Waals surface area contributed by atoms with Crippen molar-refractivity contribution in [2.24, 2.45) is 0 Å². The molecular formula is C15H26ClN3. The second-order valence-electron chi connectivity index (χ2n) is 6.12. The number of hydrogen-bond donors (Lipinski definition) is 0. The van der Waals surface area contributed by atoms with Crippen molar-refractivity contribution >= 4 is 17.4 Å². The van der Waals surface area contributed by atoms with Crippen LogP contribution in [0.2, 0.25) is 5.15 Å². The van der Waals surface area contributed by atoms with Crippen molar-refractivity contribution in [2.45, 2.75) is 65.8 Å². The predicted molar refractivity (Wildman–Crippen MR) is 83.3 cm³/mol. The van der Waals surface area contributed by atoms with Gasteiger partial charge in [-0.3, -0.25) is 0 Å². The zero-order chi connectivity index (χ0) is 14.8. The smallest absolute Gasteiger partial charge is 0.137 e. The van der Waals surface area contributed by atoms with E-state index in [2.05, 4.69) is 51.6 Å². The lowest BCUT2D eigenvalue weighted by molar-refractivity contribution is 0.536. The van der Waals surface area contributed by atoms with Gasteiger partial charge in [0.05, 0.1) is 0 Å². The van der Waals surface area contributed by atoms with Crippen LogP contribution >= 0.6 is 11.6 Å². The fraction of sp³-hybridized carbons (Fsp3) is 0.733. The summed E-state index contributed by atoms with van der Waals surface area (Å²) in [7, 11) is 2.09. The van der Waals surface area contributed by atoms with Gasteiger partial charge in [-0.2, -0.15) is 0 Å². The molecule has 19 heavy (non-hydrogen) atoms. The van der Waals surface area contributed by atoms with Crippen LogP contribution in [0.15, 0.2) is 0 Å². The third-order valence-corrected chi connectivity index (χ3v) is 3.92. The summed E-state index contributed by atoms with van der Waals surface area (Å²) in [5, 5.41) is 0.563. The number of halogens is 1. The molecular weight excluding hydrogens is 258 g/mol. The third kappa shape index (κ3) is 3.59. The highest BCUT2D eigenvalue weighted by Crippen LogP contribution is 2.29. The molecule has 0 spiro atoms. The Balaban J connectivity index is 3.30. The Morgan fingerprint density at radius 3 is 2.11 bits per heavy atom. The van der Waals surface area contributed by atoms with E-state index in [1.165, 1.54) is 0 Å². The Bertz CT molecular complexity index is 434. The average Bonchev–Trinajstić information content (AvgIpc) is 2.32. The first kappa shape index (κ1) is 16.2. The fourth-order valence-electron chi connectivity index (χ4n) is 2.17. The van der Waals surface area contributed by atoms with Crippen molar-refractivity contribution in [3.63, 3.8) is 0 Å². The summed E-state index contributed by atoms with van der Waals surface area (Å²) in [6.45, 7) is 12.7. The molecule has 0 aliphatic carbocycles. The molecule has 0 bridgehead atoms. The zero-order valence-corrected chi connectivity index (χ0v) is 14.0. The van der Waals surface area contributed by atoms with E-state index < -0.39 is 0 Å². The van der Waals surface area contributed by atoms with Crippen LogP contribution in [0.3, 0.4) is 0 Å². The van der Waals surface area contributed by atoms with Crippen LogP contribution < -0.4 is 4.90 Å². The Kier molecular flexibility index (Phi) is 5.19. The van der Waals surface area contributed by atoms with E-state index in [4.69, 9.17) is 16.6 Å². The van der Waals surface area contributed by atoms with Gasteiger partial charge >= 0.3 is 0 Å². The summed E-state index contributed by atoms with van der Waals surface area (Å²) in [6, 6.07) is 0.484. The van der Waals surface area contributed by atoms with Crippen LogP contribution in [0.5, 0.6) is 0 Å². The number of aromatic nitrogens is 2.